The lowest BCUT2D eigenvalue weighted by Gasteiger charge is -2.10. The summed E-state index contributed by atoms with van der Waals surface area (Å²) < 4.78 is 0. The van der Waals surface area contributed by atoms with E-state index in [4.69, 9.17) is 4.99 Å². The highest BCUT2D eigenvalue weighted by Crippen LogP contribution is 2.20. The molecule has 0 saturated heterocycles. The number of hydrogen-bond donors (Lipinski definition) is 0. The van der Waals surface area contributed by atoms with E-state index in [-0.39, 0.29) is 6.04 Å². The Kier molecular flexibility index (Phi) is 12.0. The third kappa shape index (κ3) is 7.36. The maximum absolute atomic E-state index is 4.71. The van der Waals surface area contributed by atoms with Crippen LogP contribution in [0.5, 0.6) is 0 Å². The van der Waals surface area contributed by atoms with Crippen LogP contribution in [0.15, 0.2) is 75.8 Å². The first-order valence-corrected chi connectivity index (χ1v) is 8.84. The lowest BCUT2D eigenvalue weighted by molar-refractivity contribution is 0.817. The Balaban J connectivity index is 0.00000123. The van der Waals surface area contributed by atoms with Gasteiger partial charge in [-0.1, -0.05) is 87.9 Å². The van der Waals surface area contributed by atoms with Crippen LogP contribution < -0.4 is 0 Å². The van der Waals surface area contributed by atoms with Crippen molar-refractivity contribution >= 4 is 12.6 Å². The molecule has 1 aliphatic rings. The van der Waals surface area contributed by atoms with Crippen molar-refractivity contribution in [1.29, 1.82) is 0 Å². The van der Waals surface area contributed by atoms with Gasteiger partial charge in [0.15, 0.2) is 5.84 Å². The Bertz CT molecular complexity index is 590. The number of aliphatic imine (C=N–C) groups is 2. The SMILES string of the molecule is C=NC(=NC(C)c1ccccc1)C1=CC=C(C)C=CC1.CC.CC. The molecule has 2 nitrogen and oxygen atoms in total. The summed E-state index contributed by atoms with van der Waals surface area (Å²) in [7, 11) is 0. The molecule has 0 saturated carbocycles. The molecule has 0 spiro atoms. The highest BCUT2D eigenvalue weighted by Gasteiger charge is 2.09. The average Bonchev–Trinajstić information content (AvgIpc) is 2.88. The molecule has 1 aliphatic carbocycles. The standard InChI is InChI=1S/C18H20N2.2C2H6/c1-14-8-7-11-17(13-12-14)18(19-3)20-15(2)16-9-5-4-6-10-16;2*1-2/h4-10,12-13,15H,3,11H2,1-2H3;2*1-2H3. The van der Waals surface area contributed by atoms with Crippen molar-refractivity contribution in [2.75, 3.05) is 0 Å². The molecule has 0 fully saturated rings. The van der Waals surface area contributed by atoms with E-state index in [1.165, 1.54) is 11.1 Å². The van der Waals surface area contributed by atoms with Gasteiger partial charge in [0.2, 0.25) is 0 Å². The number of hydrogen-bond acceptors (Lipinski definition) is 1. The zero-order chi connectivity index (χ0) is 18.4. The Morgan fingerprint density at radius 3 is 2.25 bits per heavy atom. The average molecular weight is 325 g/mol. The smallest absolute Gasteiger partial charge is 0.150 e. The van der Waals surface area contributed by atoms with Crippen LogP contribution in [-0.4, -0.2) is 12.6 Å². The normalized spacial score (nSPS) is 14.7. The predicted octanol–water partition coefficient (Wildman–Crippen LogP) is 6.73. The second kappa shape index (κ2) is 13.2. The summed E-state index contributed by atoms with van der Waals surface area (Å²) in [5.74, 6) is 0.733. The molecule has 130 valence electrons. The van der Waals surface area contributed by atoms with Gasteiger partial charge in [-0.2, -0.15) is 0 Å². The number of benzene rings is 1. The van der Waals surface area contributed by atoms with Crippen molar-refractivity contribution in [1.82, 2.24) is 0 Å². The van der Waals surface area contributed by atoms with Crippen LogP contribution in [0.4, 0.5) is 0 Å². The third-order valence-corrected chi connectivity index (χ3v) is 3.30. The van der Waals surface area contributed by atoms with E-state index < -0.39 is 0 Å². The van der Waals surface area contributed by atoms with Gasteiger partial charge < -0.3 is 0 Å². The van der Waals surface area contributed by atoms with E-state index in [1.54, 1.807) is 0 Å². The molecule has 0 N–H and O–H groups in total. The molecule has 0 heterocycles. The lowest BCUT2D eigenvalue weighted by atomic mass is 10.1. The van der Waals surface area contributed by atoms with Gasteiger partial charge in [-0.3, -0.25) is 4.99 Å². The predicted molar refractivity (Wildman–Crippen MR) is 110 cm³/mol. The van der Waals surface area contributed by atoms with Gasteiger partial charge in [0, 0.05) is 5.57 Å². The molecule has 24 heavy (non-hydrogen) atoms. The number of allylic oxidation sites excluding steroid dienone is 5. The van der Waals surface area contributed by atoms with Gasteiger partial charge in [-0.25, -0.2) is 4.99 Å². The molecular weight excluding hydrogens is 292 g/mol. The van der Waals surface area contributed by atoms with E-state index in [0.29, 0.717) is 0 Å². The van der Waals surface area contributed by atoms with Crippen molar-refractivity contribution < 1.29 is 0 Å². The summed E-state index contributed by atoms with van der Waals surface area (Å²) in [6.45, 7) is 15.8. The molecule has 0 aliphatic heterocycles. The third-order valence-electron chi connectivity index (χ3n) is 3.30. The maximum Gasteiger partial charge on any atom is 0.150 e. The van der Waals surface area contributed by atoms with Gasteiger partial charge in [0.05, 0.1) is 6.04 Å². The van der Waals surface area contributed by atoms with Crippen LogP contribution in [0.25, 0.3) is 0 Å². The summed E-state index contributed by atoms with van der Waals surface area (Å²) in [5, 5.41) is 0. The van der Waals surface area contributed by atoms with Crippen LogP contribution >= 0.6 is 0 Å². The highest BCUT2D eigenvalue weighted by molar-refractivity contribution is 6.01. The fourth-order valence-electron chi connectivity index (χ4n) is 2.11. The van der Waals surface area contributed by atoms with Gasteiger partial charge in [0.25, 0.3) is 0 Å². The molecule has 1 unspecified atom stereocenters. The second-order valence-corrected chi connectivity index (χ2v) is 4.91. The summed E-state index contributed by atoms with van der Waals surface area (Å²) in [5.41, 5.74) is 3.53. The monoisotopic (exact) mass is 324 g/mol. The largest absolute Gasteiger partial charge is 0.259 e. The number of nitrogens with zero attached hydrogens (tertiary/aromatic N) is 2. The Morgan fingerprint density at radius 2 is 1.67 bits per heavy atom. The zero-order valence-corrected chi connectivity index (χ0v) is 16.1. The molecule has 0 bridgehead atoms. The van der Waals surface area contributed by atoms with Crippen LogP contribution in [-0.2, 0) is 0 Å². The molecule has 2 heteroatoms. The first-order chi connectivity index (χ1) is 11.7. The Hall–Kier alpha value is -2.22. The van der Waals surface area contributed by atoms with Gasteiger partial charge in [-0.05, 0) is 32.5 Å². The van der Waals surface area contributed by atoms with E-state index >= 15 is 0 Å². The fraction of sp³-hybridized carbons (Fsp3) is 0.364. The first-order valence-electron chi connectivity index (χ1n) is 8.84. The van der Waals surface area contributed by atoms with Crippen LogP contribution in [0.2, 0.25) is 0 Å². The molecule has 0 amide bonds. The quantitative estimate of drug-likeness (QED) is 0.435. The summed E-state index contributed by atoms with van der Waals surface area (Å²) in [6.07, 6.45) is 9.27. The molecule has 0 aromatic heterocycles. The molecule has 1 aromatic rings. The van der Waals surface area contributed by atoms with Crippen LogP contribution in [0.1, 0.15) is 59.6 Å². The minimum atomic E-state index is 0.0786. The minimum Gasteiger partial charge on any atom is -0.259 e. The zero-order valence-electron chi connectivity index (χ0n) is 16.1. The van der Waals surface area contributed by atoms with E-state index in [1.807, 2.05) is 45.9 Å². The topological polar surface area (TPSA) is 24.7 Å². The fourth-order valence-corrected chi connectivity index (χ4v) is 2.11. The first kappa shape index (κ1) is 21.8. The lowest BCUT2D eigenvalue weighted by Crippen LogP contribution is -2.02. The maximum atomic E-state index is 4.71. The van der Waals surface area contributed by atoms with E-state index in [2.05, 4.69) is 62.0 Å². The molecule has 1 aromatic carbocycles. The number of rotatable bonds is 3. The Morgan fingerprint density at radius 1 is 1.04 bits per heavy atom. The molecule has 0 radical (unpaired) electrons. The summed E-state index contributed by atoms with van der Waals surface area (Å²) >= 11 is 0. The van der Waals surface area contributed by atoms with Crippen molar-refractivity contribution in [3.05, 3.63) is 71.3 Å². The van der Waals surface area contributed by atoms with E-state index in [9.17, 15) is 0 Å². The molecule has 2 rings (SSSR count). The van der Waals surface area contributed by atoms with Crippen LogP contribution in [0, 0.1) is 0 Å². The van der Waals surface area contributed by atoms with Gasteiger partial charge in [-0.15, -0.1) is 0 Å². The molecular formula is C22H32N2. The van der Waals surface area contributed by atoms with E-state index in [0.717, 1.165) is 17.8 Å². The van der Waals surface area contributed by atoms with Gasteiger partial charge in [0.1, 0.15) is 0 Å². The number of amidine groups is 1. The Labute approximate surface area is 148 Å². The van der Waals surface area contributed by atoms with Crippen molar-refractivity contribution in [2.24, 2.45) is 9.98 Å². The summed E-state index contributed by atoms with van der Waals surface area (Å²) in [6, 6.07) is 10.3. The molecule has 1 atom stereocenters. The van der Waals surface area contributed by atoms with Gasteiger partial charge >= 0.3 is 0 Å². The minimum absolute atomic E-state index is 0.0786. The van der Waals surface area contributed by atoms with Crippen LogP contribution in [0.3, 0.4) is 0 Å². The highest BCUT2D eigenvalue weighted by atomic mass is 14.9. The summed E-state index contributed by atoms with van der Waals surface area (Å²) in [4.78, 5) is 8.82. The van der Waals surface area contributed by atoms with Crippen molar-refractivity contribution in [3.63, 3.8) is 0 Å². The van der Waals surface area contributed by atoms with Crippen molar-refractivity contribution in [3.8, 4) is 0 Å². The second-order valence-electron chi connectivity index (χ2n) is 4.91. The van der Waals surface area contributed by atoms with Crippen molar-refractivity contribution in [2.45, 2.75) is 54.0 Å².